The zero-order valence-electron chi connectivity index (χ0n) is 5.67. The molecule has 1 heterocycles. The van der Waals surface area contributed by atoms with E-state index in [0.717, 1.165) is 10.5 Å². The smallest absolute Gasteiger partial charge is 0.431 e. The number of hydrazine groups is 1. The van der Waals surface area contributed by atoms with Crippen LogP contribution in [-0.2, 0) is 0 Å². The normalized spacial score (nSPS) is 9.00. The number of anilines is 1. The summed E-state index contributed by atoms with van der Waals surface area (Å²) >= 11 is 5.62. The van der Waals surface area contributed by atoms with Crippen LogP contribution >= 0.6 is 23.6 Å². The van der Waals surface area contributed by atoms with E-state index in [9.17, 15) is 4.79 Å². The van der Waals surface area contributed by atoms with Gasteiger partial charge in [0.15, 0.2) is 0 Å². The number of thiocarbonyl (C=S) groups is 1. The Morgan fingerprint density at radius 1 is 1.92 bits per heavy atom. The molecule has 1 amide bonds. The van der Waals surface area contributed by atoms with Gasteiger partial charge in [-0.05, 0) is 0 Å². The molecule has 0 saturated heterocycles. The first-order chi connectivity index (χ1) is 5.74. The van der Waals surface area contributed by atoms with Gasteiger partial charge < -0.3 is 5.11 Å². The molecule has 2 N–H and O–H groups in total. The van der Waals surface area contributed by atoms with Gasteiger partial charge in [-0.15, -0.1) is 10.2 Å². The lowest BCUT2D eigenvalue weighted by atomic mass is 11.0. The average molecular weight is 204 g/mol. The van der Waals surface area contributed by atoms with Crippen molar-refractivity contribution in [3.05, 3.63) is 5.51 Å². The Hall–Kier alpha value is -1.28. The van der Waals surface area contributed by atoms with Crippen molar-refractivity contribution in [1.82, 2.24) is 15.2 Å². The van der Waals surface area contributed by atoms with Crippen LogP contribution in [0.5, 0.6) is 0 Å². The Balaban J connectivity index is 2.60. The molecule has 1 aromatic heterocycles. The summed E-state index contributed by atoms with van der Waals surface area (Å²) in [4.78, 5) is 10.4. The van der Waals surface area contributed by atoms with Crippen LogP contribution < -0.4 is 5.43 Å². The average Bonchev–Trinajstić information content (AvgIpc) is 2.51. The Labute approximate surface area is 76.8 Å². The van der Waals surface area contributed by atoms with Crippen LogP contribution in [0.25, 0.3) is 0 Å². The first-order valence-corrected chi connectivity index (χ1v) is 4.09. The van der Waals surface area contributed by atoms with Crippen LogP contribution in [0, 0.1) is 0 Å². The number of hydrogen-bond acceptors (Lipinski definition) is 6. The molecule has 0 radical (unpaired) electrons. The molecule has 0 aromatic carbocycles. The van der Waals surface area contributed by atoms with Gasteiger partial charge in [0.1, 0.15) is 5.51 Å². The zero-order valence-corrected chi connectivity index (χ0v) is 7.30. The maximum Gasteiger partial charge on any atom is 0.431 e. The minimum Gasteiger partial charge on any atom is -0.463 e. The third-order valence-corrected chi connectivity index (χ3v) is 1.69. The van der Waals surface area contributed by atoms with Crippen LogP contribution in [-0.4, -0.2) is 31.9 Å². The predicted molar refractivity (Wildman–Crippen MR) is 47.1 cm³/mol. The SMILES string of the molecule is O=C(O)N(C=S)Nc1nncs1. The van der Waals surface area contributed by atoms with Gasteiger partial charge in [0, 0.05) is 0 Å². The fourth-order valence-corrected chi connectivity index (χ4v) is 1.03. The minimum atomic E-state index is -1.19. The third-order valence-electron chi connectivity index (χ3n) is 0.888. The molecule has 0 spiro atoms. The molecule has 0 bridgehead atoms. The van der Waals surface area contributed by atoms with E-state index in [1.54, 1.807) is 0 Å². The van der Waals surface area contributed by atoms with Crippen molar-refractivity contribution in [2.24, 2.45) is 0 Å². The molecule has 0 aliphatic rings. The van der Waals surface area contributed by atoms with Crippen molar-refractivity contribution < 1.29 is 9.90 Å². The quantitative estimate of drug-likeness (QED) is 0.560. The van der Waals surface area contributed by atoms with Crippen LogP contribution in [0.2, 0.25) is 0 Å². The highest BCUT2D eigenvalue weighted by Gasteiger charge is 2.08. The summed E-state index contributed by atoms with van der Waals surface area (Å²) in [6.45, 7) is 0. The fourth-order valence-electron chi connectivity index (χ4n) is 0.444. The lowest BCUT2D eigenvalue weighted by Gasteiger charge is -2.11. The monoisotopic (exact) mass is 204 g/mol. The largest absolute Gasteiger partial charge is 0.463 e. The Bertz CT molecular complexity index is 275. The highest BCUT2D eigenvalue weighted by atomic mass is 32.1. The summed E-state index contributed by atoms with van der Waals surface area (Å²) in [7, 11) is 0. The molecule has 0 atom stereocenters. The summed E-state index contributed by atoms with van der Waals surface area (Å²) in [5.74, 6) is 0. The fraction of sp³-hybridized carbons (Fsp3) is 0. The number of aromatic nitrogens is 2. The summed E-state index contributed by atoms with van der Waals surface area (Å²) in [5.41, 5.74) is 4.87. The lowest BCUT2D eigenvalue weighted by Crippen LogP contribution is -2.32. The lowest BCUT2D eigenvalue weighted by molar-refractivity contribution is 0.177. The molecule has 8 heteroatoms. The zero-order chi connectivity index (χ0) is 8.97. The van der Waals surface area contributed by atoms with Crippen LogP contribution in [0.4, 0.5) is 9.93 Å². The summed E-state index contributed by atoms with van der Waals surface area (Å²) in [6, 6.07) is 0. The summed E-state index contributed by atoms with van der Waals surface area (Å²) in [5, 5.41) is 16.7. The van der Waals surface area contributed by atoms with E-state index in [1.807, 2.05) is 0 Å². The van der Waals surface area contributed by atoms with Crippen LogP contribution in [0.15, 0.2) is 5.51 Å². The van der Waals surface area contributed by atoms with Crippen molar-refractivity contribution >= 4 is 40.3 Å². The number of rotatable bonds is 3. The second-order valence-corrected chi connectivity index (χ2v) is 2.66. The molecular formula is C4H4N4O2S2. The topological polar surface area (TPSA) is 78.4 Å². The molecule has 12 heavy (non-hydrogen) atoms. The van der Waals surface area contributed by atoms with Gasteiger partial charge in [0.2, 0.25) is 5.13 Å². The van der Waals surface area contributed by atoms with Gasteiger partial charge in [0.05, 0.1) is 5.49 Å². The van der Waals surface area contributed by atoms with Crippen molar-refractivity contribution in [1.29, 1.82) is 0 Å². The first-order valence-electron chi connectivity index (χ1n) is 2.74. The Kier molecular flexibility index (Phi) is 2.88. The molecule has 0 aliphatic carbocycles. The van der Waals surface area contributed by atoms with Gasteiger partial charge in [-0.25, -0.2) is 4.79 Å². The Morgan fingerprint density at radius 3 is 3.08 bits per heavy atom. The number of amides is 1. The van der Waals surface area contributed by atoms with Crippen molar-refractivity contribution in [3.63, 3.8) is 0 Å². The molecule has 0 fully saturated rings. The minimum absolute atomic E-state index is 0.374. The van der Waals surface area contributed by atoms with Gasteiger partial charge in [-0.3, -0.25) is 5.43 Å². The molecule has 1 aromatic rings. The predicted octanol–water partition coefficient (Wildman–Crippen LogP) is 0.802. The van der Waals surface area contributed by atoms with E-state index < -0.39 is 6.09 Å². The number of carboxylic acid groups (broad SMARTS) is 1. The molecule has 0 aliphatic heterocycles. The standard InChI is InChI=1S/C4H4N4O2S2/c9-4(10)8(2-11)7-3-6-5-1-12-3/h1-2H,(H,6,7)(H,9,10). The van der Waals surface area contributed by atoms with Gasteiger partial charge in [-0.2, -0.15) is 5.01 Å². The molecular weight excluding hydrogens is 200 g/mol. The van der Waals surface area contributed by atoms with E-state index in [1.165, 1.54) is 16.8 Å². The number of nitrogens with one attached hydrogen (secondary N) is 1. The second-order valence-electron chi connectivity index (χ2n) is 1.61. The van der Waals surface area contributed by atoms with Crippen LogP contribution in [0.3, 0.4) is 0 Å². The molecule has 1 rings (SSSR count). The maximum absolute atomic E-state index is 10.4. The number of hydrogen-bond donors (Lipinski definition) is 2. The van der Waals surface area contributed by atoms with Crippen LogP contribution in [0.1, 0.15) is 0 Å². The summed E-state index contributed by atoms with van der Waals surface area (Å²) < 4.78 is 0. The van der Waals surface area contributed by atoms with E-state index in [0.29, 0.717) is 5.13 Å². The van der Waals surface area contributed by atoms with E-state index >= 15 is 0 Å². The molecule has 0 saturated carbocycles. The van der Waals surface area contributed by atoms with E-state index in [-0.39, 0.29) is 0 Å². The highest BCUT2D eigenvalue weighted by Crippen LogP contribution is 2.08. The van der Waals surface area contributed by atoms with Gasteiger partial charge >= 0.3 is 6.09 Å². The van der Waals surface area contributed by atoms with Gasteiger partial charge in [-0.1, -0.05) is 23.6 Å². The number of carbonyl (C=O) groups is 1. The first kappa shape index (κ1) is 8.81. The van der Waals surface area contributed by atoms with Gasteiger partial charge in [0.25, 0.3) is 0 Å². The van der Waals surface area contributed by atoms with Crippen molar-refractivity contribution in [2.75, 3.05) is 5.43 Å². The Morgan fingerprint density at radius 2 is 2.67 bits per heavy atom. The molecule has 6 nitrogen and oxygen atoms in total. The summed E-state index contributed by atoms with van der Waals surface area (Å²) in [6.07, 6.45) is -1.19. The highest BCUT2D eigenvalue weighted by molar-refractivity contribution is 7.78. The van der Waals surface area contributed by atoms with Crippen molar-refractivity contribution in [3.8, 4) is 0 Å². The molecule has 64 valence electrons. The van der Waals surface area contributed by atoms with Crippen molar-refractivity contribution in [2.45, 2.75) is 0 Å². The third kappa shape index (κ3) is 2.10. The molecule has 0 unspecified atom stereocenters. The second kappa shape index (κ2) is 3.93. The number of nitrogens with zero attached hydrogens (tertiary/aromatic N) is 3. The van der Waals surface area contributed by atoms with E-state index in [4.69, 9.17) is 5.11 Å². The maximum atomic E-state index is 10.4. The van der Waals surface area contributed by atoms with E-state index in [2.05, 4.69) is 27.8 Å².